The molecule has 1 aliphatic rings. The largest absolute Gasteiger partial charge is 0.454 e. The van der Waals surface area contributed by atoms with Gasteiger partial charge in [0.1, 0.15) is 0 Å². The van der Waals surface area contributed by atoms with E-state index in [2.05, 4.69) is 15.5 Å². The number of benzene rings is 2. The maximum Gasteiger partial charge on any atom is 0.255 e. The number of carbonyl (C=O) groups is 1. The van der Waals surface area contributed by atoms with E-state index in [1.54, 1.807) is 18.2 Å². The van der Waals surface area contributed by atoms with Crippen LogP contribution in [0.15, 0.2) is 48.5 Å². The molecule has 4 rings (SSSR count). The molecule has 0 saturated carbocycles. The summed E-state index contributed by atoms with van der Waals surface area (Å²) in [6.45, 7) is 2.13. The van der Waals surface area contributed by atoms with Crippen LogP contribution in [-0.4, -0.2) is 22.9 Å². The van der Waals surface area contributed by atoms with Gasteiger partial charge in [0.05, 0.1) is 5.69 Å². The zero-order chi connectivity index (χ0) is 16.5. The Labute approximate surface area is 138 Å². The molecule has 2 aromatic carbocycles. The van der Waals surface area contributed by atoms with Crippen molar-refractivity contribution in [1.82, 2.24) is 10.2 Å². The Bertz CT molecular complexity index is 917. The highest BCUT2D eigenvalue weighted by atomic mass is 16.7. The Kier molecular flexibility index (Phi) is 3.42. The van der Waals surface area contributed by atoms with Crippen LogP contribution in [0.1, 0.15) is 16.1 Å². The number of anilines is 1. The summed E-state index contributed by atoms with van der Waals surface area (Å²) in [6, 6.07) is 14.6. The Hall–Kier alpha value is -3.28. The normalized spacial score (nSPS) is 12.2. The van der Waals surface area contributed by atoms with Crippen molar-refractivity contribution < 1.29 is 14.3 Å². The summed E-state index contributed by atoms with van der Waals surface area (Å²) in [4.78, 5) is 12.4. The number of nitrogens with one attached hydrogen (secondary N) is 2. The van der Waals surface area contributed by atoms with Gasteiger partial charge in [-0.25, -0.2) is 0 Å². The van der Waals surface area contributed by atoms with Crippen molar-refractivity contribution in [2.24, 2.45) is 0 Å². The second kappa shape index (κ2) is 5.73. The maximum absolute atomic E-state index is 12.4. The van der Waals surface area contributed by atoms with Crippen molar-refractivity contribution in [3.63, 3.8) is 0 Å². The van der Waals surface area contributed by atoms with E-state index in [1.165, 1.54) is 0 Å². The highest BCUT2D eigenvalue weighted by Crippen LogP contribution is 2.32. The van der Waals surface area contributed by atoms with E-state index < -0.39 is 0 Å². The van der Waals surface area contributed by atoms with Crippen LogP contribution >= 0.6 is 0 Å². The number of hydrogen-bond acceptors (Lipinski definition) is 4. The van der Waals surface area contributed by atoms with Gasteiger partial charge in [-0.15, -0.1) is 0 Å². The summed E-state index contributed by atoms with van der Waals surface area (Å²) in [5, 5.41) is 10.0. The molecule has 0 unspecified atom stereocenters. The van der Waals surface area contributed by atoms with E-state index in [1.807, 2.05) is 37.3 Å². The van der Waals surface area contributed by atoms with E-state index in [0.29, 0.717) is 22.7 Å². The van der Waals surface area contributed by atoms with Gasteiger partial charge in [-0.05, 0) is 43.3 Å². The van der Waals surface area contributed by atoms with Gasteiger partial charge in [0, 0.05) is 22.5 Å². The average Bonchev–Trinajstić information content (AvgIpc) is 3.23. The molecular weight excluding hydrogens is 306 g/mol. The Balaban J connectivity index is 1.56. The topological polar surface area (TPSA) is 76.2 Å². The number of aryl methyl sites for hydroxylation is 1. The number of amides is 1. The predicted molar refractivity (Wildman–Crippen MR) is 89.3 cm³/mol. The molecule has 0 aliphatic carbocycles. The Morgan fingerprint density at radius 3 is 2.83 bits per heavy atom. The van der Waals surface area contributed by atoms with Gasteiger partial charge >= 0.3 is 0 Å². The summed E-state index contributed by atoms with van der Waals surface area (Å²) in [5.41, 5.74) is 3.98. The van der Waals surface area contributed by atoms with Gasteiger partial charge in [0.25, 0.3) is 5.91 Å². The number of fused-ring (bicyclic) bond motifs is 1. The molecule has 6 heteroatoms. The van der Waals surface area contributed by atoms with Crippen LogP contribution in [0.2, 0.25) is 0 Å². The molecule has 2 heterocycles. The number of carbonyl (C=O) groups excluding carboxylic acids is 1. The van der Waals surface area contributed by atoms with Crippen molar-refractivity contribution in [3.8, 4) is 22.8 Å². The van der Waals surface area contributed by atoms with Crippen molar-refractivity contribution in [3.05, 3.63) is 59.8 Å². The lowest BCUT2D eigenvalue weighted by Crippen LogP contribution is -2.11. The molecule has 24 heavy (non-hydrogen) atoms. The lowest BCUT2D eigenvalue weighted by atomic mass is 10.1. The van der Waals surface area contributed by atoms with Gasteiger partial charge in [-0.2, -0.15) is 5.10 Å². The number of rotatable bonds is 3. The van der Waals surface area contributed by atoms with E-state index in [-0.39, 0.29) is 12.7 Å². The molecule has 1 aliphatic heterocycles. The molecule has 1 aromatic heterocycles. The highest BCUT2D eigenvalue weighted by Gasteiger charge is 2.16. The van der Waals surface area contributed by atoms with Crippen molar-refractivity contribution in [2.45, 2.75) is 6.92 Å². The fourth-order valence-corrected chi connectivity index (χ4v) is 2.56. The third kappa shape index (κ3) is 2.69. The van der Waals surface area contributed by atoms with Crippen LogP contribution in [-0.2, 0) is 0 Å². The number of ether oxygens (including phenoxy) is 2. The van der Waals surface area contributed by atoms with Gasteiger partial charge < -0.3 is 14.8 Å². The highest BCUT2D eigenvalue weighted by molar-refractivity contribution is 6.04. The minimum absolute atomic E-state index is 0.186. The molecule has 0 fully saturated rings. The zero-order valence-corrected chi connectivity index (χ0v) is 13.0. The van der Waals surface area contributed by atoms with Crippen molar-refractivity contribution >= 4 is 11.6 Å². The molecule has 2 N–H and O–H groups in total. The second-order valence-corrected chi connectivity index (χ2v) is 5.54. The predicted octanol–water partition coefficient (Wildman–Crippen LogP) is 3.37. The molecule has 120 valence electrons. The van der Waals surface area contributed by atoms with E-state index in [0.717, 1.165) is 17.0 Å². The molecule has 0 bridgehead atoms. The monoisotopic (exact) mass is 321 g/mol. The molecule has 0 radical (unpaired) electrons. The minimum atomic E-state index is -0.205. The molecule has 1 amide bonds. The van der Waals surface area contributed by atoms with E-state index in [9.17, 15) is 4.79 Å². The molecule has 0 spiro atoms. The van der Waals surface area contributed by atoms with Crippen LogP contribution in [0.4, 0.5) is 5.69 Å². The van der Waals surface area contributed by atoms with Crippen LogP contribution in [0, 0.1) is 6.92 Å². The molecular formula is C18H15N3O3. The minimum Gasteiger partial charge on any atom is -0.454 e. The molecule has 0 atom stereocenters. The van der Waals surface area contributed by atoms with Crippen LogP contribution in [0.5, 0.6) is 11.5 Å². The number of H-pyrrole nitrogens is 1. The van der Waals surface area contributed by atoms with Gasteiger partial charge in [-0.1, -0.05) is 12.1 Å². The first-order valence-corrected chi connectivity index (χ1v) is 7.52. The first-order chi connectivity index (χ1) is 11.7. The number of hydrogen-bond donors (Lipinski definition) is 2. The molecule has 0 saturated heterocycles. The average molecular weight is 321 g/mol. The second-order valence-electron chi connectivity index (χ2n) is 5.54. The first-order valence-electron chi connectivity index (χ1n) is 7.52. The standard InChI is InChI=1S/C18H15N3O3/c1-11-7-15(21-20-11)12-3-2-4-14(8-12)19-18(22)13-5-6-16-17(9-13)24-10-23-16/h2-9H,10H2,1H3,(H,19,22)(H,20,21). The number of nitrogens with zero attached hydrogens (tertiary/aromatic N) is 1. The smallest absolute Gasteiger partial charge is 0.255 e. The lowest BCUT2D eigenvalue weighted by Gasteiger charge is -2.07. The van der Waals surface area contributed by atoms with Gasteiger partial charge in [0.15, 0.2) is 11.5 Å². The third-order valence-corrected chi connectivity index (χ3v) is 3.76. The number of aromatic nitrogens is 2. The van der Waals surface area contributed by atoms with Crippen LogP contribution < -0.4 is 14.8 Å². The summed E-state index contributed by atoms with van der Waals surface area (Å²) in [7, 11) is 0. The quantitative estimate of drug-likeness (QED) is 0.775. The first kappa shape index (κ1) is 14.3. The van der Waals surface area contributed by atoms with Crippen LogP contribution in [0.3, 0.4) is 0 Å². The fraction of sp³-hybridized carbons (Fsp3) is 0.111. The van der Waals surface area contributed by atoms with Gasteiger partial charge in [0.2, 0.25) is 6.79 Å². The summed E-state index contributed by atoms with van der Waals surface area (Å²) >= 11 is 0. The van der Waals surface area contributed by atoms with E-state index >= 15 is 0 Å². The third-order valence-electron chi connectivity index (χ3n) is 3.76. The maximum atomic E-state index is 12.4. The molecule has 6 nitrogen and oxygen atoms in total. The molecule has 3 aromatic rings. The van der Waals surface area contributed by atoms with Crippen LogP contribution in [0.25, 0.3) is 11.3 Å². The van der Waals surface area contributed by atoms with Crippen molar-refractivity contribution in [2.75, 3.05) is 12.1 Å². The lowest BCUT2D eigenvalue weighted by molar-refractivity contribution is 0.102. The Morgan fingerprint density at radius 2 is 2.00 bits per heavy atom. The zero-order valence-electron chi connectivity index (χ0n) is 13.0. The Morgan fingerprint density at radius 1 is 1.12 bits per heavy atom. The summed E-state index contributed by atoms with van der Waals surface area (Å²) in [6.07, 6.45) is 0. The van der Waals surface area contributed by atoms with Crippen molar-refractivity contribution in [1.29, 1.82) is 0 Å². The number of aromatic amines is 1. The van der Waals surface area contributed by atoms with Gasteiger partial charge in [-0.3, -0.25) is 9.89 Å². The fourth-order valence-electron chi connectivity index (χ4n) is 2.56. The summed E-state index contributed by atoms with van der Waals surface area (Å²) in [5.74, 6) is 1.04. The van der Waals surface area contributed by atoms with E-state index in [4.69, 9.17) is 9.47 Å². The summed E-state index contributed by atoms with van der Waals surface area (Å²) < 4.78 is 10.6. The SMILES string of the molecule is Cc1cc(-c2cccc(NC(=O)c3ccc4c(c3)OCO4)c2)n[nH]1.